The van der Waals surface area contributed by atoms with Gasteiger partial charge in [0.05, 0.1) is 0 Å². The van der Waals surface area contributed by atoms with Crippen molar-refractivity contribution in [3.05, 3.63) is 15.7 Å². The van der Waals surface area contributed by atoms with Crippen LogP contribution in [0.5, 0.6) is 0 Å². The molecule has 1 aliphatic heterocycles. The number of nitrogens with zero attached hydrogens (tertiary/aromatic N) is 1. The number of aliphatic hydroxyl groups excluding tert-OH is 3. The average molecular weight is 307 g/mol. The van der Waals surface area contributed by atoms with Gasteiger partial charge in [0.25, 0.3) is 0 Å². The zero-order chi connectivity index (χ0) is 12.4. The van der Waals surface area contributed by atoms with E-state index < -0.39 is 37.1 Å². The van der Waals surface area contributed by atoms with Gasteiger partial charge in [0.2, 0.25) is 0 Å². The summed E-state index contributed by atoms with van der Waals surface area (Å²) in [5.74, 6) is -0.463. The summed E-state index contributed by atoms with van der Waals surface area (Å²) in [6.45, 7) is -0.422. The molecular formula is C9H12N2O5Se. The van der Waals surface area contributed by atoms with Crippen molar-refractivity contribution in [2.75, 3.05) is 6.61 Å². The van der Waals surface area contributed by atoms with Crippen LogP contribution in [0, 0.1) is 0 Å². The van der Waals surface area contributed by atoms with Crippen molar-refractivity contribution in [2.45, 2.75) is 24.5 Å². The molecule has 94 valence electrons. The van der Waals surface area contributed by atoms with Crippen LogP contribution in [0.1, 0.15) is 10.5 Å². The number of hydrogen-bond donors (Lipinski definition) is 4. The Kier molecular flexibility index (Phi) is 3.93. The Bertz CT molecular complexity index is 385. The van der Waals surface area contributed by atoms with Gasteiger partial charge in [0.1, 0.15) is 0 Å². The summed E-state index contributed by atoms with van der Waals surface area (Å²) < 4.78 is 5.11. The molecule has 1 fully saturated rings. The van der Waals surface area contributed by atoms with Gasteiger partial charge in [-0.25, -0.2) is 0 Å². The summed E-state index contributed by atoms with van der Waals surface area (Å²) in [5, 5.41) is 32.0. The number of carbonyl (C=O) groups is 1. The topological polar surface area (TPSA) is 112 Å². The van der Waals surface area contributed by atoms with Crippen LogP contribution in [0.3, 0.4) is 0 Å². The minimum absolute atomic E-state index is 0.0922. The van der Waals surface area contributed by atoms with E-state index in [0.29, 0.717) is 0 Å². The van der Waals surface area contributed by atoms with Crippen molar-refractivity contribution in [3.8, 4) is 0 Å². The number of amides is 1. The number of hydrogen-bond acceptors (Lipinski definition) is 6. The quantitative estimate of drug-likeness (QED) is 0.452. The zero-order valence-electron chi connectivity index (χ0n) is 8.68. The molecule has 0 radical (unpaired) electrons. The van der Waals surface area contributed by atoms with Gasteiger partial charge in [-0.3, -0.25) is 0 Å². The third kappa shape index (κ3) is 2.57. The van der Waals surface area contributed by atoms with Crippen LogP contribution in [-0.4, -0.2) is 71.9 Å². The molecule has 0 saturated carbocycles. The Labute approximate surface area is 103 Å². The molecule has 17 heavy (non-hydrogen) atoms. The van der Waals surface area contributed by atoms with Crippen LogP contribution in [0.25, 0.3) is 0 Å². The fourth-order valence-corrected chi connectivity index (χ4v) is 2.66. The van der Waals surface area contributed by atoms with Gasteiger partial charge in [-0.2, -0.15) is 0 Å². The number of ether oxygens (including phenoxy) is 1. The number of rotatable bonds is 3. The van der Waals surface area contributed by atoms with Gasteiger partial charge in [0.15, 0.2) is 0 Å². The SMILES string of the molecule is O=C(NC1O[C@H](CO)[C@@H](O)[C@H]1O)c1c[se]cn1. The second-order valence-corrected chi connectivity index (χ2v) is 5.11. The fraction of sp³-hybridized carbons (Fsp3) is 0.556. The first-order valence-electron chi connectivity index (χ1n) is 4.95. The van der Waals surface area contributed by atoms with Crippen LogP contribution in [0.15, 0.2) is 10.0 Å². The predicted molar refractivity (Wildman–Crippen MR) is 56.4 cm³/mol. The van der Waals surface area contributed by atoms with Crippen LogP contribution in [-0.2, 0) is 4.74 Å². The Morgan fingerprint density at radius 1 is 1.53 bits per heavy atom. The molecule has 0 aromatic carbocycles. The van der Waals surface area contributed by atoms with Crippen molar-refractivity contribution in [3.63, 3.8) is 0 Å². The van der Waals surface area contributed by atoms with Crippen LogP contribution >= 0.6 is 0 Å². The van der Waals surface area contributed by atoms with Crippen LogP contribution in [0.2, 0.25) is 0 Å². The first-order chi connectivity index (χ1) is 8.13. The molecule has 4 N–H and O–H groups in total. The molecule has 0 spiro atoms. The molecule has 2 rings (SSSR count). The van der Waals surface area contributed by atoms with Crippen LogP contribution in [0.4, 0.5) is 0 Å². The summed E-state index contributed by atoms with van der Waals surface area (Å²) in [4.78, 5) is 17.2. The van der Waals surface area contributed by atoms with E-state index in [9.17, 15) is 15.0 Å². The Morgan fingerprint density at radius 2 is 2.29 bits per heavy atom. The molecule has 0 bridgehead atoms. The maximum absolute atomic E-state index is 11.6. The van der Waals surface area contributed by atoms with Gasteiger partial charge < -0.3 is 0 Å². The molecule has 1 aromatic rings. The van der Waals surface area contributed by atoms with Gasteiger partial charge in [0, 0.05) is 0 Å². The van der Waals surface area contributed by atoms with E-state index in [1.54, 1.807) is 10.0 Å². The molecule has 1 unspecified atom stereocenters. The molecule has 7 nitrogen and oxygen atoms in total. The van der Waals surface area contributed by atoms with Crippen molar-refractivity contribution >= 4 is 20.4 Å². The third-order valence-electron chi connectivity index (χ3n) is 2.48. The molecule has 4 atom stereocenters. The Morgan fingerprint density at radius 3 is 2.82 bits per heavy atom. The van der Waals surface area contributed by atoms with Crippen molar-refractivity contribution in [1.29, 1.82) is 0 Å². The van der Waals surface area contributed by atoms with Gasteiger partial charge in [-0.05, 0) is 0 Å². The molecule has 0 aliphatic carbocycles. The molecule has 8 heteroatoms. The summed E-state index contributed by atoms with van der Waals surface area (Å²) >= 11 is 0.0922. The van der Waals surface area contributed by atoms with E-state index >= 15 is 0 Å². The maximum atomic E-state index is 11.6. The Balaban J connectivity index is 1.98. The third-order valence-corrected chi connectivity index (χ3v) is 3.71. The number of aromatic nitrogens is 1. The second kappa shape index (κ2) is 5.26. The fourth-order valence-electron chi connectivity index (χ4n) is 1.55. The van der Waals surface area contributed by atoms with Gasteiger partial charge >= 0.3 is 102 Å². The summed E-state index contributed by atoms with van der Waals surface area (Å²) in [6.07, 6.45) is -4.39. The molecule has 1 amide bonds. The van der Waals surface area contributed by atoms with Crippen molar-refractivity contribution in [2.24, 2.45) is 0 Å². The predicted octanol–water partition coefficient (Wildman–Crippen LogP) is -2.69. The van der Waals surface area contributed by atoms with E-state index in [1.165, 1.54) is 0 Å². The van der Waals surface area contributed by atoms with E-state index in [2.05, 4.69) is 10.3 Å². The average Bonchev–Trinajstić information content (AvgIpc) is 2.93. The van der Waals surface area contributed by atoms with E-state index in [-0.39, 0.29) is 20.2 Å². The zero-order valence-corrected chi connectivity index (χ0v) is 10.4. The summed E-state index contributed by atoms with van der Waals surface area (Å²) in [6, 6.07) is 0. The van der Waals surface area contributed by atoms with Crippen molar-refractivity contribution in [1.82, 2.24) is 10.3 Å². The minimum atomic E-state index is -1.26. The summed E-state index contributed by atoms with van der Waals surface area (Å²) in [7, 11) is 0. The molecular weight excluding hydrogens is 295 g/mol. The second-order valence-electron chi connectivity index (χ2n) is 3.61. The van der Waals surface area contributed by atoms with E-state index in [0.717, 1.165) is 0 Å². The van der Waals surface area contributed by atoms with Gasteiger partial charge in [-0.1, -0.05) is 0 Å². The molecule has 1 aliphatic rings. The molecule has 1 aromatic heterocycles. The monoisotopic (exact) mass is 308 g/mol. The van der Waals surface area contributed by atoms with Crippen LogP contribution < -0.4 is 5.32 Å². The first kappa shape index (κ1) is 12.7. The van der Waals surface area contributed by atoms with E-state index in [1.807, 2.05) is 0 Å². The molecule has 1 saturated heterocycles. The molecule has 2 heterocycles. The summed E-state index contributed by atoms with van der Waals surface area (Å²) in [5.41, 5.74) is 0.280. The van der Waals surface area contributed by atoms with E-state index in [4.69, 9.17) is 9.84 Å². The standard InChI is InChI=1S/C9H12N2O5Se/c12-1-5-6(13)7(14)9(16-5)11-8(15)4-2-17-3-10-4/h2-3,5-7,9,12-14H,1H2,(H,11,15)/t5-,6-,7-,9?/m1/s1. The Hall–Kier alpha value is -0.761. The number of nitrogens with one attached hydrogen (secondary N) is 1. The number of aliphatic hydroxyl groups is 3. The van der Waals surface area contributed by atoms with Gasteiger partial charge in [-0.15, -0.1) is 0 Å². The number of carbonyl (C=O) groups excluding carboxylic acids is 1. The first-order valence-corrected chi connectivity index (χ1v) is 6.93. The van der Waals surface area contributed by atoms with Crippen molar-refractivity contribution < 1.29 is 24.9 Å². The normalized spacial score (nSPS) is 32.6.